The van der Waals surface area contributed by atoms with Gasteiger partial charge in [-0.05, 0) is 38.1 Å². The van der Waals surface area contributed by atoms with Crippen LogP contribution in [0.25, 0.3) is 0 Å². The van der Waals surface area contributed by atoms with Crippen LogP contribution in [0.3, 0.4) is 0 Å². The number of hydrogen-bond donors (Lipinski definition) is 1. The van der Waals surface area contributed by atoms with E-state index in [4.69, 9.17) is 4.74 Å². The van der Waals surface area contributed by atoms with Crippen LogP contribution in [0.15, 0.2) is 29.2 Å². The summed E-state index contributed by atoms with van der Waals surface area (Å²) < 4.78 is 43.8. The first kappa shape index (κ1) is 14.1. The first-order chi connectivity index (χ1) is 7.77. The molecule has 0 aliphatic carbocycles. The third-order valence-electron chi connectivity index (χ3n) is 2.36. The van der Waals surface area contributed by atoms with E-state index >= 15 is 0 Å². The molecule has 0 fully saturated rings. The molecule has 0 radical (unpaired) electrons. The third-order valence-corrected chi connectivity index (χ3v) is 3.78. The summed E-state index contributed by atoms with van der Waals surface area (Å²) in [5.41, 5.74) is -0.590. The van der Waals surface area contributed by atoms with Crippen LogP contribution in [0.4, 0.5) is 4.39 Å². The van der Waals surface area contributed by atoms with E-state index < -0.39 is 21.4 Å². The highest BCUT2D eigenvalue weighted by molar-refractivity contribution is 7.89. The van der Waals surface area contributed by atoms with Gasteiger partial charge in [-0.15, -0.1) is 0 Å². The summed E-state index contributed by atoms with van der Waals surface area (Å²) in [4.78, 5) is 0.0332. The van der Waals surface area contributed by atoms with E-state index in [1.54, 1.807) is 13.8 Å². The van der Waals surface area contributed by atoms with Crippen molar-refractivity contribution in [2.75, 3.05) is 13.7 Å². The maximum Gasteiger partial charge on any atom is 0.240 e. The monoisotopic (exact) mass is 261 g/mol. The molecule has 1 rings (SSSR count). The zero-order valence-electron chi connectivity index (χ0n) is 10.0. The van der Waals surface area contributed by atoms with Gasteiger partial charge in [0.2, 0.25) is 10.0 Å². The van der Waals surface area contributed by atoms with Gasteiger partial charge in [0.25, 0.3) is 0 Å². The molecule has 0 unspecified atom stereocenters. The van der Waals surface area contributed by atoms with E-state index in [-0.39, 0.29) is 11.4 Å². The van der Waals surface area contributed by atoms with Gasteiger partial charge in [0.15, 0.2) is 0 Å². The molecule has 4 nitrogen and oxygen atoms in total. The van der Waals surface area contributed by atoms with Crippen LogP contribution in [-0.4, -0.2) is 27.7 Å². The van der Waals surface area contributed by atoms with Crippen molar-refractivity contribution >= 4 is 10.0 Å². The minimum atomic E-state index is -3.62. The Bertz CT molecular complexity index is 468. The lowest BCUT2D eigenvalue weighted by atomic mass is 10.1. The molecule has 0 amide bonds. The number of nitrogens with one attached hydrogen (secondary N) is 1. The number of hydrogen-bond acceptors (Lipinski definition) is 3. The number of ether oxygens (including phenoxy) is 1. The molecule has 0 aliphatic heterocycles. The second-order valence-electron chi connectivity index (χ2n) is 4.24. The molecule has 1 N–H and O–H groups in total. The summed E-state index contributed by atoms with van der Waals surface area (Å²) >= 11 is 0. The highest BCUT2D eigenvalue weighted by atomic mass is 32.2. The molecule has 0 aromatic heterocycles. The summed E-state index contributed by atoms with van der Waals surface area (Å²) in [5.74, 6) is -0.471. The molecule has 1 aromatic rings. The average molecular weight is 261 g/mol. The standard InChI is InChI=1S/C11H16FNO3S/c1-11(2,16-3)8-13-17(14,15)10-6-4-9(12)5-7-10/h4-7,13H,8H2,1-3H3. The summed E-state index contributed by atoms with van der Waals surface area (Å²) in [5, 5.41) is 0. The van der Waals surface area contributed by atoms with E-state index in [1.807, 2.05) is 0 Å². The second kappa shape index (κ2) is 5.12. The van der Waals surface area contributed by atoms with Crippen LogP contribution in [0.5, 0.6) is 0 Å². The zero-order chi connectivity index (χ0) is 13.1. The molecule has 0 saturated carbocycles. The molecule has 0 aliphatic rings. The first-order valence-corrected chi connectivity index (χ1v) is 6.55. The van der Waals surface area contributed by atoms with Crippen LogP contribution >= 0.6 is 0 Å². The van der Waals surface area contributed by atoms with Gasteiger partial charge in [0.1, 0.15) is 5.82 Å². The lowest BCUT2D eigenvalue weighted by Crippen LogP contribution is -2.39. The van der Waals surface area contributed by atoms with Crippen molar-refractivity contribution in [3.8, 4) is 0 Å². The largest absolute Gasteiger partial charge is 0.377 e. The highest BCUT2D eigenvalue weighted by Gasteiger charge is 2.21. The van der Waals surface area contributed by atoms with Crippen LogP contribution in [0, 0.1) is 5.82 Å². The van der Waals surface area contributed by atoms with E-state index in [1.165, 1.54) is 19.2 Å². The van der Waals surface area contributed by atoms with Crippen molar-refractivity contribution in [2.24, 2.45) is 0 Å². The Morgan fingerprint density at radius 1 is 1.29 bits per heavy atom. The number of methoxy groups -OCH3 is 1. The third kappa shape index (κ3) is 4.07. The fourth-order valence-corrected chi connectivity index (χ4v) is 2.24. The SMILES string of the molecule is COC(C)(C)CNS(=O)(=O)c1ccc(F)cc1. The Labute approximate surface area is 101 Å². The smallest absolute Gasteiger partial charge is 0.240 e. The molecule has 0 bridgehead atoms. The van der Waals surface area contributed by atoms with E-state index in [9.17, 15) is 12.8 Å². The number of halogens is 1. The zero-order valence-corrected chi connectivity index (χ0v) is 10.8. The Kier molecular flexibility index (Phi) is 4.24. The molecular weight excluding hydrogens is 245 g/mol. The Morgan fingerprint density at radius 3 is 2.29 bits per heavy atom. The Morgan fingerprint density at radius 2 is 1.82 bits per heavy atom. The minimum absolute atomic E-state index is 0.0332. The van der Waals surface area contributed by atoms with Gasteiger partial charge in [-0.2, -0.15) is 0 Å². The maximum atomic E-state index is 12.7. The van der Waals surface area contributed by atoms with Crippen LogP contribution in [0.1, 0.15) is 13.8 Å². The first-order valence-electron chi connectivity index (χ1n) is 5.07. The van der Waals surface area contributed by atoms with Crippen molar-refractivity contribution in [2.45, 2.75) is 24.3 Å². The lowest BCUT2D eigenvalue weighted by molar-refractivity contribution is 0.0276. The van der Waals surface area contributed by atoms with Gasteiger partial charge >= 0.3 is 0 Å². The van der Waals surface area contributed by atoms with Crippen molar-refractivity contribution in [3.63, 3.8) is 0 Å². The van der Waals surface area contributed by atoms with Gasteiger partial charge in [-0.1, -0.05) is 0 Å². The molecule has 0 spiro atoms. The normalized spacial score (nSPS) is 12.7. The van der Waals surface area contributed by atoms with Crippen molar-refractivity contribution in [3.05, 3.63) is 30.1 Å². The van der Waals surface area contributed by atoms with E-state index in [0.29, 0.717) is 0 Å². The van der Waals surface area contributed by atoms with E-state index in [2.05, 4.69) is 4.72 Å². The van der Waals surface area contributed by atoms with Gasteiger partial charge in [0.05, 0.1) is 10.5 Å². The molecular formula is C11H16FNO3S. The maximum absolute atomic E-state index is 12.7. The Balaban J connectivity index is 2.79. The van der Waals surface area contributed by atoms with Crippen LogP contribution in [-0.2, 0) is 14.8 Å². The summed E-state index contributed by atoms with van der Waals surface area (Å²) in [6, 6.07) is 4.65. The van der Waals surface area contributed by atoms with E-state index in [0.717, 1.165) is 12.1 Å². The quantitative estimate of drug-likeness (QED) is 0.874. The van der Waals surface area contributed by atoms with Gasteiger partial charge < -0.3 is 4.74 Å². The second-order valence-corrected chi connectivity index (χ2v) is 6.01. The van der Waals surface area contributed by atoms with Gasteiger partial charge in [-0.3, -0.25) is 0 Å². The predicted octanol–water partition coefficient (Wildman–Crippen LogP) is 1.53. The fourth-order valence-electron chi connectivity index (χ4n) is 1.04. The molecule has 0 heterocycles. The number of benzene rings is 1. The van der Waals surface area contributed by atoms with Crippen molar-refractivity contribution < 1.29 is 17.5 Å². The molecule has 0 saturated heterocycles. The van der Waals surface area contributed by atoms with Gasteiger partial charge in [0, 0.05) is 13.7 Å². The fraction of sp³-hybridized carbons (Fsp3) is 0.455. The Hall–Kier alpha value is -0.980. The average Bonchev–Trinajstić information content (AvgIpc) is 2.27. The molecule has 1 aromatic carbocycles. The number of sulfonamides is 1. The highest BCUT2D eigenvalue weighted by Crippen LogP contribution is 2.11. The lowest BCUT2D eigenvalue weighted by Gasteiger charge is -2.23. The molecule has 17 heavy (non-hydrogen) atoms. The minimum Gasteiger partial charge on any atom is -0.377 e. The van der Waals surface area contributed by atoms with Crippen molar-refractivity contribution in [1.29, 1.82) is 0 Å². The summed E-state index contributed by atoms with van der Waals surface area (Å²) in [6.45, 7) is 3.67. The predicted molar refractivity (Wildman–Crippen MR) is 62.7 cm³/mol. The number of rotatable bonds is 5. The molecule has 0 atom stereocenters. The topological polar surface area (TPSA) is 55.4 Å². The summed E-state index contributed by atoms with van der Waals surface area (Å²) in [7, 11) is -2.11. The van der Waals surface area contributed by atoms with Gasteiger partial charge in [-0.25, -0.2) is 17.5 Å². The van der Waals surface area contributed by atoms with Crippen LogP contribution < -0.4 is 4.72 Å². The summed E-state index contributed by atoms with van der Waals surface area (Å²) in [6.07, 6.45) is 0. The van der Waals surface area contributed by atoms with Crippen LogP contribution in [0.2, 0.25) is 0 Å². The van der Waals surface area contributed by atoms with Crippen molar-refractivity contribution in [1.82, 2.24) is 4.72 Å². The molecule has 6 heteroatoms. The molecule has 96 valence electrons.